The Labute approximate surface area is 178 Å². The summed E-state index contributed by atoms with van der Waals surface area (Å²) >= 11 is 6.05. The number of halogens is 1. The minimum atomic E-state index is -0.513. The van der Waals surface area contributed by atoms with Crippen LogP contribution in [0.5, 0.6) is 17.2 Å². The van der Waals surface area contributed by atoms with Gasteiger partial charge in [-0.25, -0.2) is 4.98 Å². The van der Waals surface area contributed by atoms with Crippen LogP contribution >= 0.6 is 11.6 Å². The maximum absolute atomic E-state index is 11.0. The summed E-state index contributed by atoms with van der Waals surface area (Å²) in [5.74, 6) is 1.04. The van der Waals surface area contributed by atoms with Gasteiger partial charge in [0.2, 0.25) is 0 Å². The van der Waals surface area contributed by atoms with Crippen molar-refractivity contribution in [3.8, 4) is 17.2 Å². The maximum Gasteiger partial charge on any atom is 0.160 e. The highest BCUT2D eigenvalue weighted by atomic mass is 35.5. The number of fused-ring (bicyclic) bond motifs is 1. The van der Waals surface area contributed by atoms with Crippen LogP contribution in [0.15, 0.2) is 60.9 Å². The highest BCUT2D eigenvalue weighted by molar-refractivity contribution is 6.30. The van der Waals surface area contributed by atoms with Crippen molar-refractivity contribution in [3.63, 3.8) is 0 Å². The molecule has 4 rings (SSSR count). The summed E-state index contributed by atoms with van der Waals surface area (Å²) in [5.41, 5.74) is 2.67. The predicted octanol–water partition coefficient (Wildman–Crippen LogP) is 5.21. The first-order valence-electron chi connectivity index (χ1n) is 9.30. The smallest absolute Gasteiger partial charge is 0.160 e. The molecule has 0 aliphatic heterocycles. The van der Waals surface area contributed by atoms with E-state index in [1.54, 1.807) is 30.6 Å². The lowest BCUT2D eigenvalue weighted by molar-refractivity contribution is 0.373. The summed E-state index contributed by atoms with van der Waals surface area (Å²) in [7, 11) is 1.49. The number of nitrogens with zero attached hydrogens (tertiary/aromatic N) is 2. The van der Waals surface area contributed by atoms with Gasteiger partial charge in [-0.05, 0) is 42.3 Å². The summed E-state index contributed by atoms with van der Waals surface area (Å²) in [6, 6.07) is 13.8. The number of hydrogen-bond donors (Lipinski definition) is 3. The number of nitrogens with one attached hydrogen (secondary N) is 1. The SMILES string of the molecule is COc1ccc(C(Nc2ncc(Cl)cc2C)c2ccc3cccnc3c2O)cc1O. The van der Waals surface area contributed by atoms with E-state index >= 15 is 0 Å². The Hall–Kier alpha value is -3.51. The van der Waals surface area contributed by atoms with Crippen molar-refractivity contribution in [2.45, 2.75) is 13.0 Å². The fourth-order valence-corrected chi connectivity index (χ4v) is 3.65. The van der Waals surface area contributed by atoms with Crippen molar-refractivity contribution in [3.05, 3.63) is 82.6 Å². The molecule has 6 nitrogen and oxygen atoms in total. The van der Waals surface area contributed by atoms with Crippen molar-refractivity contribution >= 4 is 28.3 Å². The van der Waals surface area contributed by atoms with Crippen LogP contribution < -0.4 is 10.1 Å². The lowest BCUT2D eigenvalue weighted by atomic mass is 9.95. The van der Waals surface area contributed by atoms with Gasteiger partial charge in [-0.2, -0.15) is 0 Å². The Kier molecular flexibility index (Phi) is 5.33. The number of aryl methyl sites for hydroxylation is 1. The van der Waals surface area contributed by atoms with E-state index in [4.69, 9.17) is 16.3 Å². The molecule has 2 aromatic carbocycles. The van der Waals surface area contributed by atoms with Crippen LogP contribution in [0, 0.1) is 6.92 Å². The number of methoxy groups -OCH3 is 1. The number of rotatable bonds is 5. The van der Waals surface area contributed by atoms with E-state index < -0.39 is 6.04 Å². The standard InChI is InChI=1S/C23H20ClN3O3/c1-13-10-16(24)12-26-23(13)27-20(15-6-8-19(30-2)18(28)11-15)17-7-5-14-4-3-9-25-21(14)22(17)29/h3-12,20,28-29H,1-2H3,(H,26,27). The number of anilines is 1. The average molecular weight is 422 g/mol. The van der Waals surface area contributed by atoms with Gasteiger partial charge >= 0.3 is 0 Å². The molecular weight excluding hydrogens is 402 g/mol. The zero-order valence-corrected chi connectivity index (χ0v) is 17.2. The van der Waals surface area contributed by atoms with Gasteiger partial charge < -0.3 is 20.3 Å². The molecular formula is C23H20ClN3O3. The second-order valence-corrected chi connectivity index (χ2v) is 7.34. The van der Waals surface area contributed by atoms with Crippen molar-refractivity contribution in [1.82, 2.24) is 9.97 Å². The zero-order valence-electron chi connectivity index (χ0n) is 16.4. The maximum atomic E-state index is 11.0. The number of phenolic OH excluding ortho intramolecular Hbond substituents is 2. The Morgan fingerprint density at radius 2 is 1.90 bits per heavy atom. The van der Waals surface area contributed by atoms with E-state index in [9.17, 15) is 10.2 Å². The molecule has 0 bridgehead atoms. The minimum Gasteiger partial charge on any atom is -0.505 e. The van der Waals surface area contributed by atoms with Crippen LogP contribution in [0.4, 0.5) is 5.82 Å². The Balaban J connectivity index is 1.87. The third kappa shape index (κ3) is 3.69. The first kappa shape index (κ1) is 19.8. The predicted molar refractivity (Wildman–Crippen MR) is 118 cm³/mol. The van der Waals surface area contributed by atoms with E-state index in [-0.39, 0.29) is 11.5 Å². The van der Waals surface area contributed by atoms with E-state index in [0.717, 1.165) is 16.5 Å². The normalized spacial score (nSPS) is 12.0. The van der Waals surface area contributed by atoms with Gasteiger partial charge in [-0.1, -0.05) is 35.9 Å². The highest BCUT2D eigenvalue weighted by Gasteiger charge is 2.22. The molecule has 1 atom stereocenters. The van der Waals surface area contributed by atoms with Gasteiger partial charge in [0.05, 0.1) is 18.2 Å². The molecule has 0 aliphatic rings. The van der Waals surface area contributed by atoms with Gasteiger partial charge in [0.1, 0.15) is 17.1 Å². The highest BCUT2D eigenvalue weighted by Crippen LogP contribution is 2.39. The monoisotopic (exact) mass is 421 g/mol. The number of aromatic hydroxyl groups is 2. The Morgan fingerprint density at radius 3 is 2.63 bits per heavy atom. The lowest BCUT2D eigenvalue weighted by Gasteiger charge is -2.23. The van der Waals surface area contributed by atoms with Crippen molar-refractivity contribution in [1.29, 1.82) is 0 Å². The number of aromatic nitrogens is 2. The summed E-state index contributed by atoms with van der Waals surface area (Å²) in [4.78, 5) is 8.71. The molecule has 0 aliphatic carbocycles. The summed E-state index contributed by atoms with van der Waals surface area (Å²) in [6.45, 7) is 1.89. The van der Waals surface area contributed by atoms with Gasteiger partial charge in [-0.3, -0.25) is 4.98 Å². The number of pyridine rings is 2. The summed E-state index contributed by atoms with van der Waals surface area (Å²) < 4.78 is 5.16. The molecule has 0 saturated carbocycles. The summed E-state index contributed by atoms with van der Waals surface area (Å²) in [5, 5.41) is 26.1. The van der Waals surface area contributed by atoms with Crippen LogP contribution in [-0.2, 0) is 0 Å². The quantitative estimate of drug-likeness (QED) is 0.410. The number of hydrogen-bond acceptors (Lipinski definition) is 6. The van der Waals surface area contributed by atoms with Crippen LogP contribution in [-0.4, -0.2) is 27.3 Å². The van der Waals surface area contributed by atoms with Crippen molar-refractivity contribution < 1.29 is 14.9 Å². The van der Waals surface area contributed by atoms with E-state index in [1.807, 2.05) is 37.3 Å². The Morgan fingerprint density at radius 1 is 1.07 bits per heavy atom. The van der Waals surface area contributed by atoms with Gasteiger partial charge in [0.15, 0.2) is 11.5 Å². The van der Waals surface area contributed by atoms with Crippen molar-refractivity contribution in [2.24, 2.45) is 0 Å². The first-order valence-corrected chi connectivity index (χ1v) is 9.68. The van der Waals surface area contributed by atoms with Crippen LogP contribution in [0.3, 0.4) is 0 Å². The zero-order chi connectivity index (χ0) is 21.3. The third-order valence-corrected chi connectivity index (χ3v) is 5.16. The molecule has 0 spiro atoms. The van der Waals surface area contributed by atoms with Gasteiger partial charge in [0, 0.05) is 23.3 Å². The molecule has 0 saturated heterocycles. The first-order chi connectivity index (χ1) is 14.5. The van der Waals surface area contributed by atoms with Crippen LogP contribution in [0.2, 0.25) is 5.02 Å². The van der Waals surface area contributed by atoms with Gasteiger partial charge in [0.25, 0.3) is 0 Å². The molecule has 0 fully saturated rings. The molecule has 4 aromatic rings. The average Bonchev–Trinajstić information content (AvgIpc) is 2.74. The largest absolute Gasteiger partial charge is 0.505 e. The topological polar surface area (TPSA) is 87.5 Å². The molecule has 152 valence electrons. The second-order valence-electron chi connectivity index (χ2n) is 6.91. The molecule has 2 aromatic heterocycles. The number of ether oxygens (including phenoxy) is 1. The molecule has 0 amide bonds. The number of phenols is 2. The molecule has 30 heavy (non-hydrogen) atoms. The number of benzene rings is 2. The van der Waals surface area contributed by atoms with Crippen LogP contribution in [0.1, 0.15) is 22.7 Å². The summed E-state index contributed by atoms with van der Waals surface area (Å²) in [6.07, 6.45) is 3.19. The van der Waals surface area contributed by atoms with Crippen LogP contribution in [0.25, 0.3) is 10.9 Å². The molecule has 3 N–H and O–H groups in total. The minimum absolute atomic E-state index is 0.000918. The van der Waals surface area contributed by atoms with E-state index in [0.29, 0.717) is 27.7 Å². The molecule has 0 radical (unpaired) electrons. The molecule has 7 heteroatoms. The van der Waals surface area contributed by atoms with E-state index in [2.05, 4.69) is 15.3 Å². The second kappa shape index (κ2) is 8.08. The van der Waals surface area contributed by atoms with Crippen molar-refractivity contribution in [2.75, 3.05) is 12.4 Å². The third-order valence-electron chi connectivity index (χ3n) is 4.95. The fourth-order valence-electron chi connectivity index (χ4n) is 3.43. The molecule has 1 unspecified atom stereocenters. The Bertz CT molecular complexity index is 1230. The lowest BCUT2D eigenvalue weighted by Crippen LogP contribution is -2.14. The fraction of sp³-hybridized carbons (Fsp3) is 0.130. The van der Waals surface area contributed by atoms with Gasteiger partial charge in [-0.15, -0.1) is 0 Å². The van der Waals surface area contributed by atoms with E-state index in [1.165, 1.54) is 7.11 Å². The molecule has 2 heterocycles.